The summed E-state index contributed by atoms with van der Waals surface area (Å²) in [6.45, 7) is 3.98. The van der Waals surface area contributed by atoms with Crippen molar-refractivity contribution in [3.63, 3.8) is 0 Å². The normalized spacial score (nSPS) is 10.2. The van der Waals surface area contributed by atoms with Crippen LogP contribution in [0.3, 0.4) is 0 Å². The van der Waals surface area contributed by atoms with Crippen LogP contribution in [0.4, 0.5) is 5.69 Å². The van der Waals surface area contributed by atoms with Crippen molar-refractivity contribution in [2.45, 2.75) is 13.5 Å². The van der Waals surface area contributed by atoms with E-state index in [2.05, 4.69) is 5.32 Å². The van der Waals surface area contributed by atoms with Gasteiger partial charge in [0.25, 0.3) is 5.56 Å². The number of nitrogens with one attached hydrogen (secondary N) is 1. The molecule has 0 aliphatic heterocycles. The first-order valence-corrected chi connectivity index (χ1v) is 6.42. The molecule has 0 aliphatic rings. The smallest absolute Gasteiger partial charge is 0.250 e. The highest BCUT2D eigenvalue weighted by Gasteiger charge is 1.96. The van der Waals surface area contributed by atoms with Crippen molar-refractivity contribution in [1.82, 2.24) is 4.57 Å². The number of hydrogen-bond acceptors (Lipinski definition) is 3. The Bertz CT molecular complexity index is 561. The molecule has 0 fully saturated rings. The maximum atomic E-state index is 11.5. The Balaban J connectivity index is 1.86. The SMILES string of the molecule is CCOc1ccc(NCCn2ccccc2=O)cc1. The van der Waals surface area contributed by atoms with Crippen LogP contribution in [-0.2, 0) is 6.54 Å². The zero-order valence-corrected chi connectivity index (χ0v) is 11.0. The number of anilines is 1. The first-order chi connectivity index (χ1) is 9.29. The van der Waals surface area contributed by atoms with E-state index in [1.165, 1.54) is 0 Å². The lowest BCUT2D eigenvalue weighted by Gasteiger charge is -2.09. The summed E-state index contributed by atoms with van der Waals surface area (Å²) in [5.41, 5.74) is 1.04. The van der Waals surface area contributed by atoms with Gasteiger partial charge in [0.05, 0.1) is 6.61 Å². The first-order valence-electron chi connectivity index (χ1n) is 6.42. The van der Waals surface area contributed by atoms with E-state index in [9.17, 15) is 4.79 Å². The molecular weight excluding hydrogens is 240 g/mol. The minimum absolute atomic E-state index is 0.0241. The molecule has 0 amide bonds. The molecule has 0 atom stereocenters. The van der Waals surface area contributed by atoms with Crippen molar-refractivity contribution < 1.29 is 4.74 Å². The molecule has 0 radical (unpaired) electrons. The Morgan fingerprint density at radius 1 is 1.16 bits per heavy atom. The van der Waals surface area contributed by atoms with Gasteiger partial charge in [-0.25, -0.2) is 0 Å². The highest BCUT2D eigenvalue weighted by Crippen LogP contribution is 2.15. The summed E-state index contributed by atoms with van der Waals surface area (Å²) >= 11 is 0. The molecular formula is C15H18N2O2. The van der Waals surface area contributed by atoms with Gasteiger partial charge in [-0.1, -0.05) is 6.07 Å². The monoisotopic (exact) mass is 258 g/mol. The van der Waals surface area contributed by atoms with Crippen LogP contribution in [0.2, 0.25) is 0 Å². The fourth-order valence-electron chi connectivity index (χ4n) is 1.80. The van der Waals surface area contributed by atoms with E-state index in [4.69, 9.17) is 4.74 Å². The molecule has 0 saturated heterocycles. The number of nitrogens with zero attached hydrogens (tertiary/aromatic N) is 1. The number of aromatic nitrogens is 1. The predicted octanol–water partition coefficient (Wildman–Crippen LogP) is 2.36. The second-order valence-corrected chi connectivity index (χ2v) is 4.12. The third-order valence-electron chi connectivity index (χ3n) is 2.75. The fraction of sp³-hybridized carbons (Fsp3) is 0.267. The van der Waals surface area contributed by atoms with Gasteiger partial charge >= 0.3 is 0 Å². The topological polar surface area (TPSA) is 43.3 Å². The van der Waals surface area contributed by atoms with Crippen LogP contribution in [0.5, 0.6) is 5.75 Å². The van der Waals surface area contributed by atoms with Crippen LogP contribution in [-0.4, -0.2) is 17.7 Å². The number of ether oxygens (including phenoxy) is 1. The van der Waals surface area contributed by atoms with Gasteiger partial charge in [0.15, 0.2) is 0 Å². The molecule has 19 heavy (non-hydrogen) atoms. The van der Waals surface area contributed by atoms with Crippen molar-refractivity contribution in [3.8, 4) is 5.75 Å². The molecule has 1 aromatic carbocycles. The third-order valence-corrected chi connectivity index (χ3v) is 2.75. The van der Waals surface area contributed by atoms with Crippen molar-refractivity contribution >= 4 is 5.69 Å². The molecule has 0 spiro atoms. The van der Waals surface area contributed by atoms with E-state index >= 15 is 0 Å². The minimum atomic E-state index is 0.0241. The second kappa shape index (κ2) is 6.64. The molecule has 2 aromatic rings. The molecule has 0 aliphatic carbocycles. The molecule has 0 bridgehead atoms. The zero-order chi connectivity index (χ0) is 13.5. The quantitative estimate of drug-likeness (QED) is 0.865. The molecule has 4 nitrogen and oxygen atoms in total. The lowest BCUT2D eigenvalue weighted by atomic mass is 10.3. The van der Waals surface area contributed by atoms with Crippen molar-refractivity contribution in [2.24, 2.45) is 0 Å². The summed E-state index contributed by atoms with van der Waals surface area (Å²) in [6, 6.07) is 13.0. The average Bonchev–Trinajstić information content (AvgIpc) is 2.43. The van der Waals surface area contributed by atoms with Crippen LogP contribution in [0.1, 0.15) is 6.92 Å². The fourth-order valence-corrected chi connectivity index (χ4v) is 1.80. The molecule has 4 heteroatoms. The van der Waals surface area contributed by atoms with Crippen molar-refractivity contribution in [3.05, 3.63) is 59.0 Å². The van der Waals surface area contributed by atoms with Gasteiger partial charge in [0, 0.05) is 31.0 Å². The summed E-state index contributed by atoms with van der Waals surface area (Å²) in [6.07, 6.45) is 1.79. The predicted molar refractivity (Wildman–Crippen MR) is 76.8 cm³/mol. The standard InChI is InChI=1S/C15H18N2O2/c1-2-19-14-8-6-13(7-9-14)16-10-12-17-11-4-3-5-15(17)18/h3-9,11,16H,2,10,12H2,1H3. The van der Waals surface area contributed by atoms with Gasteiger partial charge in [-0.2, -0.15) is 0 Å². The molecule has 1 heterocycles. The van der Waals surface area contributed by atoms with E-state index in [1.54, 1.807) is 22.9 Å². The average molecular weight is 258 g/mol. The Hall–Kier alpha value is -2.23. The molecule has 2 rings (SSSR count). The van der Waals surface area contributed by atoms with Gasteiger partial charge in [-0.3, -0.25) is 4.79 Å². The lowest BCUT2D eigenvalue weighted by molar-refractivity contribution is 0.340. The Kier molecular flexibility index (Phi) is 4.61. The maximum Gasteiger partial charge on any atom is 0.250 e. The Morgan fingerprint density at radius 3 is 2.63 bits per heavy atom. The van der Waals surface area contributed by atoms with E-state index in [1.807, 2.05) is 37.3 Å². The largest absolute Gasteiger partial charge is 0.494 e. The van der Waals surface area contributed by atoms with Crippen molar-refractivity contribution in [1.29, 1.82) is 0 Å². The van der Waals surface area contributed by atoms with Crippen molar-refractivity contribution in [2.75, 3.05) is 18.5 Å². The van der Waals surface area contributed by atoms with Gasteiger partial charge in [0.1, 0.15) is 5.75 Å². The summed E-state index contributed by atoms with van der Waals surface area (Å²) in [5, 5.41) is 3.27. The number of rotatable bonds is 6. The maximum absolute atomic E-state index is 11.5. The molecule has 0 unspecified atom stereocenters. The highest BCUT2D eigenvalue weighted by atomic mass is 16.5. The lowest BCUT2D eigenvalue weighted by Crippen LogP contribution is -2.21. The summed E-state index contributed by atoms with van der Waals surface area (Å²) in [7, 11) is 0. The number of benzene rings is 1. The van der Waals surface area contributed by atoms with Gasteiger partial charge in [-0.15, -0.1) is 0 Å². The third kappa shape index (κ3) is 3.88. The Labute approximate surface area is 112 Å². The minimum Gasteiger partial charge on any atom is -0.494 e. The Morgan fingerprint density at radius 2 is 1.95 bits per heavy atom. The summed E-state index contributed by atoms with van der Waals surface area (Å²) in [5.74, 6) is 0.868. The van der Waals surface area contributed by atoms with Gasteiger partial charge in [0.2, 0.25) is 0 Å². The molecule has 1 N–H and O–H groups in total. The summed E-state index contributed by atoms with van der Waals surface area (Å²) < 4.78 is 7.06. The van der Waals surface area contributed by atoms with E-state index in [0.29, 0.717) is 19.7 Å². The highest BCUT2D eigenvalue weighted by molar-refractivity contribution is 5.46. The molecule has 0 saturated carbocycles. The van der Waals surface area contributed by atoms with Crippen LogP contribution < -0.4 is 15.6 Å². The van der Waals surface area contributed by atoms with Gasteiger partial charge in [-0.05, 0) is 37.3 Å². The van der Waals surface area contributed by atoms with Crippen LogP contribution in [0, 0.1) is 0 Å². The number of pyridine rings is 1. The molecule has 100 valence electrons. The first kappa shape index (κ1) is 13.2. The van der Waals surface area contributed by atoms with E-state index in [0.717, 1.165) is 11.4 Å². The second-order valence-electron chi connectivity index (χ2n) is 4.12. The zero-order valence-electron chi connectivity index (χ0n) is 11.0. The van der Waals surface area contributed by atoms with Crippen LogP contribution >= 0.6 is 0 Å². The summed E-state index contributed by atoms with van der Waals surface area (Å²) in [4.78, 5) is 11.5. The van der Waals surface area contributed by atoms with Crippen LogP contribution in [0.15, 0.2) is 53.5 Å². The molecule has 1 aromatic heterocycles. The number of hydrogen-bond donors (Lipinski definition) is 1. The van der Waals surface area contributed by atoms with E-state index < -0.39 is 0 Å². The van der Waals surface area contributed by atoms with Gasteiger partial charge < -0.3 is 14.6 Å². The van der Waals surface area contributed by atoms with E-state index in [-0.39, 0.29) is 5.56 Å². The van der Waals surface area contributed by atoms with Crippen LogP contribution in [0.25, 0.3) is 0 Å².